The Morgan fingerprint density at radius 1 is 1.50 bits per heavy atom. The van der Waals surface area contributed by atoms with E-state index in [0.29, 0.717) is 17.3 Å². The molecule has 1 aromatic carbocycles. The van der Waals surface area contributed by atoms with Crippen molar-refractivity contribution < 1.29 is 4.74 Å². The van der Waals surface area contributed by atoms with Crippen LogP contribution in [0.2, 0.25) is 5.02 Å². The lowest BCUT2D eigenvalue weighted by Gasteiger charge is -2.09. The van der Waals surface area contributed by atoms with E-state index in [0.717, 1.165) is 27.0 Å². The number of aromatic nitrogens is 2. The number of hydrogen-bond acceptors (Lipinski definition) is 3. The molecule has 0 amide bonds. The van der Waals surface area contributed by atoms with E-state index < -0.39 is 0 Å². The summed E-state index contributed by atoms with van der Waals surface area (Å²) in [6, 6.07) is 3.73. The molecule has 2 aromatic rings. The van der Waals surface area contributed by atoms with Crippen molar-refractivity contribution in [2.45, 2.75) is 13.5 Å². The second-order valence-corrected chi connectivity index (χ2v) is 5.07. The Labute approximate surface area is 119 Å². The summed E-state index contributed by atoms with van der Waals surface area (Å²) in [4.78, 5) is 0. The van der Waals surface area contributed by atoms with Gasteiger partial charge in [0.15, 0.2) is 0 Å². The molecule has 1 aromatic heterocycles. The summed E-state index contributed by atoms with van der Waals surface area (Å²) >= 11 is 9.64. The third kappa shape index (κ3) is 2.25. The highest BCUT2D eigenvalue weighted by molar-refractivity contribution is 9.10. The highest BCUT2D eigenvalue weighted by atomic mass is 79.9. The van der Waals surface area contributed by atoms with Gasteiger partial charge in [-0.3, -0.25) is 5.10 Å². The number of nitrogens with two attached hydrogens (primary N) is 1. The van der Waals surface area contributed by atoms with Gasteiger partial charge in [-0.2, -0.15) is 5.10 Å². The number of H-pyrrole nitrogens is 1. The van der Waals surface area contributed by atoms with Crippen LogP contribution in [0.1, 0.15) is 11.3 Å². The van der Waals surface area contributed by atoms with Crippen LogP contribution in [0, 0.1) is 6.92 Å². The van der Waals surface area contributed by atoms with E-state index in [2.05, 4.69) is 26.1 Å². The second kappa shape index (κ2) is 5.30. The average Bonchev–Trinajstić information content (AvgIpc) is 2.72. The number of aryl methyl sites for hydroxylation is 1. The summed E-state index contributed by atoms with van der Waals surface area (Å²) in [5.41, 5.74) is 9.25. The van der Waals surface area contributed by atoms with Gasteiger partial charge in [0.05, 0.1) is 22.3 Å². The fraction of sp³-hybridized carbons (Fsp3) is 0.250. The van der Waals surface area contributed by atoms with E-state index in [1.54, 1.807) is 7.11 Å². The van der Waals surface area contributed by atoms with Gasteiger partial charge in [-0.25, -0.2) is 0 Å². The van der Waals surface area contributed by atoms with Crippen LogP contribution in [0.3, 0.4) is 0 Å². The van der Waals surface area contributed by atoms with Crippen LogP contribution < -0.4 is 10.5 Å². The topological polar surface area (TPSA) is 63.9 Å². The molecule has 0 unspecified atom stereocenters. The highest BCUT2D eigenvalue weighted by Gasteiger charge is 2.15. The van der Waals surface area contributed by atoms with Gasteiger partial charge in [0.2, 0.25) is 0 Å². The SMILES string of the molecule is COc1cc(C)c(-c2n[nH]c(CN)c2Br)cc1Cl. The minimum atomic E-state index is 0.399. The van der Waals surface area contributed by atoms with Crippen LogP contribution in [0.5, 0.6) is 5.75 Å². The normalized spacial score (nSPS) is 10.7. The zero-order valence-corrected chi connectivity index (χ0v) is 12.4. The summed E-state index contributed by atoms with van der Waals surface area (Å²) in [5, 5.41) is 7.72. The first-order chi connectivity index (χ1) is 8.58. The van der Waals surface area contributed by atoms with Crippen LogP contribution >= 0.6 is 27.5 Å². The summed E-state index contributed by atoms with van der Waals surface area (Å²) < 4.78 is 6.05. The lowest BCUT2D eigenvalue weighted by atomic mass is 10.1. The third-order valence-corrected chi connectivity index (χ3v) is 3.88. The van der Waals surface area contributed by atoms with Crippen LogP contribution in [-0.4, -0.2) is 17.3 Å². The van der Waals surface area contributed by atoms with Crippen molar-refractivity contribution in [1.82, 2.24) is 10.2 Å². The largest absolute Gasteiger partial charge is 0.495 e. The van der Waals surface area contributed by atoms with Crippen molar-refractivity contribution in [2.24, 2.45) is 5.73 Å². The molecule has 2 rings (SSSR count). The van der Waals surface area contributed by atoms with Crippen LogP contribution in [-0.2, 0) is 6.54 Å². The first-order valence-electron chi connectivity index (χ1n) is 5.35. The molecule has 0 spiro atoms. The molecule has 0 aliphatic rings. The number of benzene rings is 1. The molecule has 0 aliphatic heterocycles. The molecule has 1 heterocycles. The zero-order chi connectivity index (χ0) is 13.3. The molecular formula is C12H13BrClN3O. The van der Waals surface area contributed by atoms with Crippen molar-refractivity contribution in [3.63, 3.8) is 0 Å². The Bertz CT molecular complexity index is 583. The molecule has 0 bridgehead atoms. The average molecular weight is 331 g/mol. The lowest BCUT2D eigenvalue weighted by molar-refractivity contribution is 0.415. The number of nitrogens with one attached hydrogen (secondary N) is 1. The highest BCUT2D eigenvalue weighted by Crippen LogP contribution is 2.36. The number of methoxy groups -OCH3 is 1. The van der Waals surface area contributed by atoms with Gasteiger partial charge in [0, 0.05) is 12.1 Å². The zero-order valence-electron chi connectivity index (χ0n) is 10.1. The number of nitrogens with zero attached hydrogens (tertiary/aromatic N) is 1. The molecule has 4 nitrogen and oxygen atoms in total. The maximum Gasteiger partial charge on any atom is 0.137 e. The monoisotopic (exact) mass is 329 g/mol. The van der Waals surface area contributed by atoms with Crippen LogP contribution in [0.4, 0.5) is 0 Å². The molecule has 6 heteroatoms. The van der Waals surface area contributed by atoms with Crippen molar-refractivity contribution in [2.75, 3.05) is 7.11 Å². The molecule has 0 saturated heterocycles. The van der Waals surface area contributed by atoms with Gasteiger partial charge in [-0.1, -0.05) is 11.6 Å². The van der Waals surface area contributed by atoms with E-state index in [1.807, 2.05) is 19.1 Å². The predicted octanol–water partition coefficient (Wildman–Crippen LogP) is 3.27. The Morgan fingerprint density at radius 3 is 2.78 bits per heavy atom. The molecule has 0 aliphatic carbocycles. The van der Waals surface area contributed by atoms with Gasteiger partial charge < -0.3 is 10.5 Å². The Hall–Kier alpha value is -1.04. The number of hydrogen-bond donors (Lipinski definition) is 2. The fourth-order valence-corrected chi connectivity index (χ4v) is 2.54. The fourth-order valence-electron chi connectivity index (χ4n) is 1.74. The van der Waals surface area contributed by atoms with Crippen molar-refractivity contribution >= 4 is 27.5 Å². The van der Waals surface area contributed by atoms with E-state index in [4.69, 9.17) is 22.1 Å². The van der Waals surface area contributed by atoms with E-state index in [9.17, 15) is 0 Å². The Kier molecular flexibility index (Phi) is 3.94. The molecule has 18 heavy (non-hydrogen) atoms. The summed E-state index contributed by atoms with van der Waals surface area (Å²) in [5.74, 6) is 0.656. The van der Waals surface area contributed by atoms with Gasteiger partial charge >= 0.3 is 0 Å². The smallest absolute Gasteiger partial charge is 0.137 e. The maximum atomic E-state index is 6.14. The molecule has 0 radical (unpaired) electrons. The summed E-state index contributed by atoms with van der Waals surface area (Å²) in [7, 11) is 1.59. The number of halogens is 2. The van der Waals surface area contributed by atoms with Crippen molar-refractivity contribution in [3.8, 4) is 17.0 Å². The molecule has 0 saturated carbocycles. The number of aromatic amines is 1. The molecule has 3 N–H and O–H groups in total. The number of ether oxygens (including phenoxy) is 1. The molecule has 96 valence electrons. The Balaban J connectivity index is 2.57. The van der Waals surface area contributed by atoms with Crippen molar-refractivity contribution in [1.29, 1.82) is 0 Å². The van der Waals surface area contributed by atoms with Gasteiger partial charge in [0.1, 0.15) is 11.4 Å². The maximum absolute atomic E-state index is 6.14. The van der Waals surface area contributed by atoms with Crippen molar-refractivity contribution in [3.05, 3.63) is 32.9 Å². The molecular weight excluding hydrogens is 318 g/mol. The third-order valence-electron chi connectivity index (χ3n) is 2.73. The summed E-state index contributed by atoms with van der Waals surface area (Å²) in [6.45, 7) is 2.38. The van der Waals surface area contributed by atoms with E-state index in [1.165, 1.54) is 0 Å². The Morgan fingerprint density at radius 2 is 2.22 bits per heavy atom. The second-order valence-electron chi connectivity index (χ2n) is 3.87. The minimum absolute atomic E-state index is 0.399. The van der Waals surface area contributed by atoms with Gasteiger partial charge in [-0.15, -0.1) is 0 Å². The van der Waals surface area contributed by atoms with Crippen LogP contribution in [0.25, 0.3) is 11.3 Å². The predicted molar refractivity (Wildman–Crippen MR) is 75.9 cm³/mol. The number of rotatable bonds is 3. The molecule has 0 atom stereocenters. The first-order valence-corrected chi connectivity index (χ1v) is 6.53. The van der Waals surface area contributed by atoms with Gasteiger partial charge in [0.25, 0.3) is 0 Å². The van der Waals surface area contributed by atoms with E-state index >= 15 is 0 Å². The van der Waals surface area contributed by atoms with Crippen LogP contribution in [0.15, 0.2) is 16.6 Å². The van der Waals surface area contributed by atoms with Gasteiger partial charge in [-0.05, 0) is 40.5 Å². The standard InChI is InChI=1S/C12H13BrClN3O/c1-6-3-10(18-2)8(14)4-7(6)12-11(13)9(5-15)16-17-12/h3-4H,5,15H2,1-2H3,(H,16,17). The minimum Gasteiger partial charge on any atom is -0.495 e. The van der Waals surface area contributed by atoms with E-state index in [-0.39, 0.29) is 0 Å². The summed E-state index contributed by atoms with van der Waals surface area (Å²) in [6.07, 6.45) is 0. The lowest BCUT2D eigenvalue weighted by Crippen LogP contribution is -1.96. The molecule has 0 fully saturated rings. The first kappa shape index (κ1) is 13.4. The quantitative estimate of drug-likeness (QED) is 0.908.